The van der Waals surface area contributed by atoms with Gasteiger partial charge in [0.15, 0.2) is 0 Å². The summed E-state index contributed by atoms with van der Waals surface area (Å²) in [6.45, 7) is 1.61. The summed E-state index contributed by atoms with van der Waals surface area (Å²) in [4.78, 5) is 14.3. The molecule has 1 heterocycles. The van der Waals surface area contributed by atoms with Gasteiger partial charge in [-0.25, -0.2) is 4.79 Å². The summed E-state index contributed by atoms with van der Waals surface area (Å²) in [5, 5.41) is 4.28. The van der Waals surface area contributed by atoms with Crippen LogP contribution in [0.1, 0.15) is 22.8 Å². The first kappa shape index (κ1) is 23.4. The third-order valence-corrected chi connectivity index (χ3v) is 6.24. The summed E-state index contributed by atoms with van der Waals surface area (Å²) >= 11 is 12.5. The Morgan fingerprint density at radius 3 is 2.55 bits per heavy atom. The minimum atomic E-state index is -0.334. The van der Waals surface area contributed by atoms with E-state index in [0.29, 0.717) is 29.7 Å². The zero-order valence-corrected chi connectivity index (χ0v) is 19.9. The average molecular weight is 485 g/mol. The van der Waals surface area contributed by atoms with Crippen LogP contribution in [0, 0.1) is 0 Å². The van der Waals surface area contributed by atoms with E-state index in [0.717, 1.165) is 28.9 Å². The van der Waals surface area contributed by atoms with E-state index < -0.39 is 0 Å². The number of carbonyl (C=O) groups excluding carboxylic acids is 1. The summed E-state index contributed by atoms with van der Waals surface area (Å²) in [7, 11) is 1.65. The molecule has 0 aromatic heterocycles. The second-order valence-electron chi connectivity index (χ2n) is 7.95. The highest BCUT2D eigenvalue weighted by atomic mass is 35.5. The topological polar surface area (TPSA) is 50.8 Å². The van der Waals surface area contributed by atoms with E-state index >= 15 is 0 Å². The molecule has 3 aromatic carbocycles. The molecule has 172 valence electrons. The number of urea groups is 1. The first-order chi connectivity index (χ1) is 16.0. The molecule has 1 aliphatic heterocycles. The first-order valence-electron chi connectivity index (χ1n) is 10.8. The zero-order valence-electron chi connectivity index (χ0n) is 18.3. The molecule has 1 aliphatic rings. The Balaban J connectivity index is 1.31. The molecule has 7 heteroatoms. The summed E-state index contributed by atoms with van der Waals surface area (Å²) < 4.78 is 11.6. The Bertz CT molecular complexity index is 1080. The molecule has 5 nitrogen and oxygen atoms in total. The Morgan fingerprint density at radius 1 is 1.06 bits per heavy atom. The van der Waals surface area contributed by atoms with Crippen LogP contribution in [0.15, 0.2) is 72.8 Å². The van der Waals surface area contributed by atoms with Crippen molar-refractivity contribution in [3.63, 3.8) is 0 Å². The van der Waals surface area contributed by atoms with Gasteiger partial charge in [-0.3, -0.25) is 0 Å². The van der Waals surface area contributed by atoms with Gasteiger partial charge < -0.3 is 19.7 Å². The molecule has 3 aromatic rings. The van der Waals surface area contributed by atoms with Crippen LogP contribution in [0.3, 0.4) is 0 Å². The maximum absolute atomic E-state index is 12.5. The van der Waals surface area contributed by atoms with Crippen molar-refractivity contribution in [3.8, 4) is 5.75 Å². The molecule has 0 saturated carbocycles. The maximum Gasteiger partial charge on any atom is 0.317 e. The van der Waals surface area contributed by atoms with Crippen molar-refractivity contribution in [1.29, 1.82) is 0 Å². The lowest BCUT2D eigenvalue weighted by Gasteiger charge is -2.40. The van der Waals surface area contributed by atoms with E-state index in [9.17, 15) is 4.79 Å². The van der Waals surface area contributed by atoms with Crippen LogP contribution >= 0.6 is 23.2 Å². The van der Waals surface area contributed by atoms with E-state index in [1.54, 1.807) is 12.0 Å². The van der Waals surface area contributed by atoms with Crippen molar-refractivity contribution in [1.82, 2.24) is 10.2 Å². The molecule has 33 heavy (non-hydrogen) atoms. The quantitative estimate of drug-likeness (QED) is 0.443. The minimum Gasteiger partial charge on any atom is -0.497 e. The van der Waals surface area contributed by atoms with E-state index in [2.05, 4.69) is 5.32 Å². The van der Waals surface area contributed by atoms with Crippen molar-refractivity contribution in [2.75, 3.05) is 26.7 Å². The zero-order chi connectivity index (χ0) is 23.2. The lowest BCUT2D eigenvalue weighted by molar-refractivity contribution is -0.0644. The Hall–Kier alpha value is -2.73. The number of carbonyl (C=O) groups is 1. The summed E-state index contributed by atoms with van der Waals surface area (Å²) in [5.41, 5.74) is 2.97. The standard InChI is InChI=1S/C26H26Cl2N2O3/c1-32-21-6-4-5-18(15-21)13-14-29-26(31)30-16-22(17-30)33-25(19-9-11-20(27)12-10-19)23-7-2-3-8-24(23)28/h2-12,15,22,25H,13-14,16-17H2,1H3,(H,29,31). The van der Waals surface area contributed by atoms with E-state index in [-0.39, 0.29) is 18.2 Å². The Labute approximate surface area is 204 Å². The normalized spacial score (nSPS) is 14.5. The molecule has 1 unspecified atom stereocenters. The molecule has 2 amide bonds. The largest absolute Gasteiger partial charge is 0.497 e. The van der Waals surface area contributed by atoms with Gasteiger partial charge in [0.2, 0.25) is 0 Å². The number of methoxy groups -OCH3 is 1. The van der Waals surface area contributed by atoms with Gasteiger partial charge in [0.05, 0.1) is 26.3 Å². The fraction of sp³-hybridized carbons (Fsp3) is 0.269. The van der Waals surface area contributed by atoms with Gasteiger partial charge >= 0.3 is 6.03 Å². The van der Waals surface area contributed by atoms with Crippen molar-refractivity contribution < 1.29 is 14.3 Å². The van der Waals surface area contributed by atoms with Crippen LogP contribution in [-0.2, 0) is 11.2 Å². The summed E-state index contributed by atoms with van der Waals surface area (Å²) in [5.74, 6) is 0.815. The highest BCUT2D eigenvalue weighted by molar-refractivity contribution is 6.31. The molecule has 0 aliphatic carbocycles. The van der Waals surface area contributed by atoms with E-state index in [4.69, 9.17) is 32.7 Å². The fourth-order valence-electron chi connectivity index (χ4n) is 3.79. The second kappa shape index (κ2) is 10.9. The van der Waals surface area contributed by atoms with E-state index in [1.165, 1.54) is 0 Å². The van der Waals surface area contributed by atoms with E-state index in [1.807, 2.05) is 72.8 Å². The number of nitrogens with one attached hydrogen (secondary N) is 1. The van der Waals surface area contributed by atoms with Crippen LogP contribution in [0.2, 0.25) is 10.0 Å². The van der Waals surface area contributed by atoms with Crippen molar-refractivity contribution >= 4 is 29.2 Å². The number of likely N-dealkylation sites (tertiary alicyclic amines) is 1. The molecule has 4 rings (SSSR count). The van der Waals surface area contributed by atoms with Gasteiger partial charge in [-0.1, -0.05) is 65.7 Å². The molecule has 1 N–H and O–H groups in total. The number of hydrogen-bond donors (Lipinski definition) is 1. The van der Waals surface area contributed by atoms with Gasteiger partial charge in [-0.2, -0.15) is 0 Å². The number of hydrogen-bond acceptors (Lipinski definition) is 3. The highest BCUT2D eigenvalue weighted by Gasteiger charge is 2.34. The molecule has 0 radical (unpaired) electrons. The Kier molecular flexibility index (Phi) is 7.76. The van der Waals surface area contributed by atoms with Crippen molar-refractivity contribution in [2.45, 2.75) is 18.6 Å². The number of ether oxygens (including phenoxy) is 2. The van der Waals surface area contributed by atoms with Crippen molar-refractivity contribution in [3.05, 3.63) is 99.5 Å². The van der Waals surface area contributed by atoms with Crippen LogP contribution < -0.4 is 10.1 Å². The lowest BCUT2D eigenvalue weighted by atomic mass is 10.0. The molecule has 0 bridgehead atoms. The highest BCUT2D eigenvalue weighted by Crippen LogP contribution is 2.34. The predicted molar refractivity (Wildman–Crippen MR) is 131 cm³/mol. The maximum atomic E-state index is 12.5. The second-order valence-corrected chi connectivity index (χ2v) is 8.79. The molecular weight excluding hydrogens is 459 g/mol. The molecule has 0 spiro atoms. The Morgan fingerprint density at radius 2 is 1.82 bits per heavy atom. The average Bonchev–Trinajstić information content (AvgIpc) is 2.80. The predicted octanol–water partition coefficient (Wildman–Crippen LogP) is 5.74. The minimum absolute atomic E-state index is 0.0777. The van der Waals surface area contributed by atoms with Gasteiger partial charge in [0.25, 0.3) is 0 Å². The monoisotopic (exact) mass is 484 g/mol. The van der Waals surface area contributed by atoms with Crippen LogP contribution in [-0.4, -0.2) is 43.8 Å². The van der Waals surface area contributed by atoms with Gasteiger partial charge in [-0.05, 0) is 47.9 Å². The third-order valence-electron chi connectivity index (χ3n) is 5.65. The first-order valence-corrected chi connectivity index (χ1v) is 11.6. The van der Waals surface area contributed by atoms with Crippen LogP contribution in [0.25, 0.3) is 0 Å². The molecule has 1 atom stereocenters. The SMILES string of the molecule is COc1cccc(CCNC(=O)N2CC(OC(c3ccc(Cl)cc3)c3ccccc3Cl)C2)c1. The van der Waals surface area contributed by atoms with Crippen LogP contribution in [0.5, 0.6) is 5.75 Å². The number of benzene rings is 3. The lowest BCUT2D eigenvalue weighted by Crippen LogP contribution is -2.58. The number of rotatable bonds is 8. The fourth-order valence-corrected chi connectivity index (χ4v) is 4.15. The molecule has 1 fully saturated rings. The number of halogens is 2. The summed E-state index contributed by atoms with van der Waals surface area (Å²) in [6.07, 6.45) is 0.326. The number of amides is 2. The van der Waals surface area contributed by atoms with Gasteiger partial charge in [-0.15, -0.1) is 0 Å². The van der Waals surface area contributed by atoms with Crippen LogP contribution in [0.4, 0.5) is 4.79 Å². The van der Waals surface area contributed by atoms with Gasteiger partial charge in [0.1, 0.15) is 11.9 Å². The third kappa shape index (κ3) is 5.99. The molecule has 1 saturated heterocycles. The van der Waals surface area contributed by atoms with Gasteiger partial charge in [0, 0.05) is 22.2 Å². The molecular formula is C26H26Cl2N2O3. The van der Waals surface area contributed by atoms with Crippen molar-refractivity contribution in [2.24, 2.45) is 0 Å². The number of nitrogens with zero attached hydrogens (tertiary/aromatic N) is 1. The summed E-state index contributed by atoms with van der Waals surface area (Å²) in [6, 6.07) is 23.0. The smallest absolute Gasteiger partial charge is 0.317 e.